The summed E-state index contributed by atoms with van der Waals surface area (Å²) in [6, 6.07) is 9.95. The summed E-state index contributed by atoms with van der Waals surface area (Å²) in [4.78, 5) is 45.0. The van der Waals surface area contributed by atoms with Gasteiger partial charge in [-0.1, -0.05) is 30.3 Å². The SMILES string of the molecule is CC1CCCCN1C(=O)CN1CCN(C(=O)CCNC(=O)N(C)Cc2ccccc2)CC1. The highest BCUT2D eigenvalue weighted by molar-refractivity contribution is 5.79. The van der Waals surface area contributed by atoms with Crippen LogP contribution >= 0.6 is 0 Å². The van der Waals surface area contributed by atoms with Crippen LogP contribution in [0.5, 0.6) is 0 Å². The van der Waals surface area contributed by atoms with E-state index in [0.29, 0.717) is 51.9 Å². The first kappa shape index (κ1) is 24.0. The topological polar surface area (TPSA) is 76.2 Å². The van der Waals surface area contributed by atoms with Gasteiger partial charge in [-0.3, -0.25) is 14.5 Å². The molecule has 2 heterocycles. The van der Waals surface area contributed by atoms with E-state index < -0.39 is 0 Å². The third-order valence-electron chi connectivity index (χ3n) is 6.43. The molecule has 2 fully saturated rings. The lowest BCUT2D eigenvalue weighted by Crippen LogP contribution is -2.53. The molecule has 0 bridgehead atoms. The quantitative estimate of drug-likeness (QED) is 0.697. The summed E-state index contributed by atoms with van der Waals surface area (Å²) in [7, 11) is 1.75. The number of urea groups is 1. The molecule has 0 aliphatic carbocycles. The standard InChI is InChI=1S/C24H37N5O3/c1-20-8-6-7-13-29(20)23(31)19-27-14-16-28(17-15-27)22(30)11-12-25-24(32)26(2)18-21-9-4-3-5-10-21/h3-5,9-10,20H,6-8,11-19H2,1-2H3,(H,25,32). The molecule has 0 aromatic heterocycles. The predicted molar refractivity (Wildman–Crippen MR) is 124 cm³/mol. The Labute approximate surface area is 191 Å². The Hall–Kier alpha value is -2.61. The van der Waals surface area contributed by atoms with Crippen molar-refractivity contribution in [3.05, 3.63) is 35.9 Å². The molecule has 1 aromatic rings. The first-order valence-corrected chi connectivity index (χ1v) is 11.8. The molecular weight excluding hydrogens is 406 g/mol. The summed E-state index contributed by atoms with van der Waals surface area (Å²) < 4.78 is 0. The number of carbonyl (C=O) groups excluding carboxylic acids is 3. The number of nitrogens with zero attached hydrogens (tertiary/aromatic N) is 4. The average Bonchev–Trinajstić information content (AvgIpc) is 2.80. The minimum absolute atomic E-state index is 0.0478. The summed E-state index contributed by atoms with van der Waals surface area (Å²) in [5.74, 6) is 0.256. The van der Waals surface area contributed by atoms with Crippen LogP contribution in [0.4, 0.5) is 4.79 Å². The Balaban J connectivity index is 1.32. The van der Waals surface area contributed by atoms with Crippen LogP contribution < -0.4 is 5.32 Å². The molecule has 1 aromatic carbocycles. The summed E-state index contributed by atoms with van der Waals surface area (Å²) in [5.41, 5.74) is 1.06. The fraction of sp³-hybridized carbons (Fsp3) is 0.625. The number of hydrogen-bond acceptors (Lipinski definition) is 4. The molecule has 0 saturated carbocycles. The zero-order valence-electron chi connectivity index (χ0n) is 19.5. The van der Waals surface area contributed by atoms with Crippen LogP contribution in [0.25, 0.3) is 0 Å². The molecule has 32 heavy (non-hydrogen) atoms. The minimum atomic E-state index is -0.183. The number of hydrogen-bond donors (Lipinski definition) is 1. The Morgan fingerprint density at radius 2 is 1.72 bits per heavy atom. The molecule has 8 heteroatoms. The summed E-state index contributed by atoms with van der Waals surface area (Å²) in [6.45, 7) is 6.97. The van der Waals surface area contributed by atoms with Crippen LogP contribution in [0.15, 0.2) is 30.3 Å². The highest BCUT2D eigenvalue weighted by atomic mass is 16.2. The minimum Gasteiger partial charge on any atom is -0.340 e. The predicted octanol–water partition coefficient (Wildman–Crippen LogP) is 1.76. The van der Waals surface area contributed by atoms with Gasteiger partial charge in [-0.15, -0.1) is 0 Å². The van der Waals surface area contributed by atoms with Crippen molar-refractivity contribution in [2.75, 3.05) is 52.9 Å². The Morgan fingerprint density at radius 1 is 1.00 bits per heavy atom. The molecule has 2 saturated heterocycles. The van der Waals surface area contributed by atoms with Crippen LogP contribution in [-0.4, -0.2) is 96.3 Å². The third-order valence-corrected chi connectivity index (χ3v) is 6.43. The molecule has 1 atom stereocenters. The van der Waals surface area contributed by atoms with Crippen molar-refractivity contribution < 1.29 is 14.4 Å². The summed E-state index contributed by atoms with van der Waals surface area (Å²) >= 11 is 0. The maximum absolute atomic E-state index is 12.6. The molecule has 8 nitrogen and oxygen atoms in total. The Bertz CT molecular complexity index is 764. The number of rotatable bonds is 7. The molecule has 0 spiro atoms. The van der Waals surface area contributed by atoms with E-state index >= 15 is 0 Å². The molecule has 2 aliphatic rings. The van der Waals surface area contributed by atoms with E-state index in [9.17, 15) is 14.4 Å². The van der Waals surface area contributed by atoms with Gasteiger partial charge >= 0.3 is 6.03 Å². The number of amides is 4. The molecule has 176 valence electrons. The van der Waals surface area contributed by atoms with Crippen molar-refractivity contribution in [2.24, 2.45) is 0 Å². The maximum Gasteiger partial charge on any atom is 0.317 e. The van der Waals surface area contributed by atoms with Gasteiger partial charge in [-0.2, -0.15) is 0 Å². The van der Waals surface area contributed by atoms with Gasteiger partial charge in [-0.25, -0.2) is 4.79 Å². The van der Waals surface area contributed by atoms with Crippen LogP contribution in [0.2, 0.25) is 0 Å². The number of piperazine rings is 1. The molecule has 1 N–H and O–H groups in total. The lowest BCUT2D eigenvalue weighted by atomic mass is 10.0. The van der Waals surface area contributed by atoms with Gasteiger partial charge in [0.25, 0.3) is 0 Å². The summed E-state index contributed by atoms with van der Waals surface area (Å²) in [5, 5.41) is 2.83. The normalized spacial score (nSPS) is 19.5. The molecular formula is C24H37N5O3. The van der Waals surface area contributed by atoms with Crippen molar-refractivity contribution >= 4 is 17.8 Å². The first-order chi connectivity index (χ1) is 15.4. The largest absolute Gasteiger partial charge is 0.340 e. The van der Waals surface area contributed by atoms with Crippen molar-refractivity contribution in [3.63, 3.8) is 0 Å². The fourth-order valence-corrected chi connectivity index (χ4v) is 4.40. The maximum atomic E-state index is 12.6. The van der Waals surface area contributed by atoms with Gasteiger partial charge in [0.1, 0.15) is 0 Å². The molecule has 3 rings (SSSR count). The zero-order valence-corrected chi connectivity index (χ0v) is 19.5. The monoisotopic (exact) mass is 443 g/mol. The second kappa shape index (κ2) is 11.9. The van der Waals surface area contributed by atoms with Crippen molar-refractivity contribution in [3.8, 4) is 0 Å². The van der Waals surface area contributed by atoms with Gasteiger partial charge in [0.2, 0.25) is 11.8 Å². The van der Waals surface area contributed by atoms with Gasteiger partial charge in [-0.05, 0) is 31.7 Å². The van der Waals surface area contributed by atoms with Gasteiger partial charge in [0.15, 0.2) is 0 Å². The smallest absolute Gasteiger partial charge is 0.317 e. The van der Waals surface area contributed by atoms with E-state index in [-0.39, 0.29) is 24.3 Å². The molecule has 0 radical (unpaired) electrons. The van der Waals surface area contributed by atoms with E-state index in [1.54, 1.807) is 11.9 Å². The van der Waals surface area contributed by atoms with Gasteiger partial charge < -0.3 is 20.0 Å². The average molecular weight is 444 g/mol. The number of nitrogens with one attached hydrogen (secondary N) is 1. The van der Waals surface area contributed by atoms with Crippen LogP contribution in [0.3, 0.4) is 0 Å². The fourth-order valence-electron chi connectivity index (χ4n) is 4.40. The van der Waals surface area contributed by atoms with E-state index in [1.165, 1.54) is 6.42 Å². The molecule has 4 amide bonds. The van der Waals surface area contributed by atoms with Crippen molar-refractivity contribution in [1.82, 2.24) is 24.9 Å². The van der Waals surface area contributed by atoms with Crippen LogP contribution in [0.1, 0.15) is 38.2 Å². The van der Waals surface area contributed by atoms with Crippen molar-refractivity contribution in [2.45, 2.75) is 45.2 Å². The van der Waals surface area contributed by atoms with Gasteiger partial charge in [0.05, 0.1) is 6.54 Å². The van der Waals surface area contributed by atoms with E-state index in [1.807, 2.05) is 40.1 Å². The van der Waals surface area contributed by atoms with Crippen molar-refractivity contribution in [1.29, 1.82) is 0 Å². The number of piperidine rings is 1. The van der Waals surface area contributed by atoms with E-state index in [0.717, 1.165) is 24.9 Å². The lowest BCUT2D eigenvalue weighted by molar-refractivity contribution is -0.137. The highest BCUT2D eigenvalue weighted by Gasteiger charge is 2.27. The second-order valence-electron chi connectivity index (χ2n) is 8.91. The van der Waals surface area contributed by atoms with Crippen LogP contribution in [0, 0.1) is 0 Å². The molecule has 1 unspecified atom stereocenters. The van der Waals surface area contributed by atoms with E-state index in [2.05, 4.69) is 17.1 Å². The number of benzene rings is 1. The number of likely N-dealkylation sites (tertiary alicyclic amines) is 1. The Morgan fingerprint density at radius 3 is 2.41 bits per heavy atom. The summed E-state index contributed by atoms with van der Waals surface area (Å²) in [6.07, 6.45) is 3.67. The second-order valence-corrected chi connectivity index (χ2v) is 8.91. The first-order valence-electron chi connectivity index (χ1n) is 11.8. The Kier molecular flexibility index (Phi) is 8.90. The zero-order chi connectivity index (χ0) is 22.9. The molecule has 2 aliphatic heterocycles. The lowest BCUT2D eigenvalue weighted by Gasteiger charge is -2.38. The highest BCUT2D eigenvalue weighted by Crippen LogP contribution is 2.17. The van der Waals surface area contributed by atoms with Gasteiger partial charge in [0, 0.05) is 65.3 Å². The van der Waals surface area contributed by atoms with E-state index in [4.69, 9.17) is 0 Å². The number of carbonyl (C=O) groups is 3. The van der Waals surface area contributed by atoms with Crippen LogP contribution in [-0.2, 0) is 16.1 Å². The third kappa shape index (κ3) is 6.95.